The van der Waals surface area contributed by atoms with E-state index in [1.54, 1.807) is 0 Å². The molecule has 52 heavy (non-hydrogen) atoms. The third-order valence-electron chi connectivity index (χ3n) is 8.41. The van der Waals surface area contributed by atoms with E-state index in [4.69, 9.17) is 28.9 Å². The van der Waals surface area contributed by atoms with E-state index < -0.39 is 0 Å². The molecule has 0 radical (unpaired) electrons. The van der Waals surface area contributed by atoms with Gasteiger partial charge in [-0.2, -0.15) is 0 Å². The van der Waals surface area contributed by atoms with Crippen LogP contribution in [0.25, 0.3) is 46.4 Å². The molecule has 0 atom stereocenters. The summed E-state index contributed by atoms with van der Waals surface area (Å²) in [5.41, 5.74) is 5.23. The lowest BCUT2D eigenvalue weighted by Gasteiger charge is -2.09. The number of para-hydroxylation sites is 4. The number of hydrogen-bond acceptors (Lipinski definition) is 6. The summed E-state index contributed by atoms with van der Waals surface area (Å²) in [6, 6.07) is 46.4. The van der Waals surface area contributed by atoms with Gasteiger partial charge in [0.1, 0.15) is 45.8 Å². The van der Waals surface area contributed by atoms with Gasteiger partial charge in [0.25, 0.3) is 0 Å². The Kier molecular flexibility index (Phi) is 7.99. The number of aromatic nitrogens is 4. The van der Waals surface area contributed by atoms with Crippen molar-refractivity contribution in [2.24, 2.45) is 0 Å². The third kappa shape index (κ3) is 6.28. The smallest absolute Gasteiger partial charge is 0.176 e. The molecule has 8 nitrogen and oxygen atoms in total. The Bertz CT molecular complexity index is 2260. The molecule has 0 spiro atoms. The van der Waals surface area contributed by atoms with Crippen LogP contribution in [0.2, 0.25) is 0 Å². The number of fused-ring (bicyclic) bond motifs is 8. The summed E-state index contributed by atoms with van der Waals surface area (Å²) in [6.07, 6.45) is 7.71. The Hall–Kier alpha value is -7.32. The minimum absolute atomic E-state index is 0.532. The molecule has 2 aliphatic heterocycles. The molecule has 0 unspecified atom stereocenters. The Morgan fingerprint density at radius 2 is 0.519 bits per heavy atom. The summed E-state index contributed by atoms with van der Waals surface area (Å²) in [7, 11) is 0. The van der Waals surface area contributed by atoms with E-state index in [0.717, 1.165) is 0 Å². The minimum Gasteiger partial charge on any atom is -0.453 e. The van der Waals surface area contributed by atoms with E-state index in [0.29, 0.717) is 90.8 Å². The number of aromatic amines is 2. The van der Waals surface area contributed by atoms with Crippen LogP contribution in [0.4, 0.5) is 0 Å². The molecule has 7 aromatic rings. The van der Waals surface area contributed by atoms with Crippen molar-refractivity contribution in [2.75, 3.05) is 0 Å². The Morgan fingerprint density at radius 1 is 0.288 bits per heavy atom. The maximum Gasteiger partial charge on any atom is 0.176 e. The first kappa shape index (κ1) is 30.7. The van der Waals surface area contributed by atoms with Gasteiger partial charge < -0.3 is 28.9 Å². The van der Waals surface area contributed by atoms with Crippen molar-refractivity contribution in [1.82, 2.24) is 19.9 Å². The second kappa shape index (κ2) is 13.5. The van der Waals surface area contributed by atoms with Gasteiger partial charge in [-0.25, -0.2) is 9.97 Å². The highest BCUT2D eigenvalue weighted by atomic mass is 16.5. The number of ether oxygens (including phenoxy) is 4. The fourth-order valence-electron chi connectivity index (χ4n) is 5.96. The first-order chi connectivity index (χ1) is 25.7. The second-order valence-corrected chi connectivity index (χ2v) is 12.0. The molecule has 8 bridgehead atoms. The van der Waals surface area contributed by atoms with Crippen molar-refractivity contribution in [3.8, 4) is 46.0 Å². The first-order valence-electron chi connectivity index (χ1n) is 16.8. The normalized spacial score (nSPS) is 11.7. The average molecular weight is 679 g/mol. The van der Waals surface area contributed by atoms with Crippen molar-refractivity contribution in [1.29, 1.82) is 0 Å². The van der Waals surface area contributed by atoms with Crippen LogP contribution in [0.3, 0.4) is 0 Å². The van der Waals surface area contributed by atoms with Gasteiger partial charge in [0, 0.05) is 0 Å². The predicted octanol–water partition coefficient (Wildman–Crippen LogP) is 11.8. The first-order valence-corrected chi connectivity index (χ1v) is 16.8. The molecule has 0 saturated heterocycles. The molecule has 8 heteroatoms. The van der Waals surface area contributed by atoms with Gasteiger partial charge in [-0.1, -0.05) is 72.8 Å². The summed E-state index contributed by atoms with van der Waals surface area (Å²) in [6.45, 7) is 0. The molecule has 0 aliphatic carbocycles. The van der Waals surface area contributed by atoms with Crippen LogP contribution in [-0.4, -0.2) is 19.9 Å². The summed E-state index contributed by atoms with van der Waals surface area (Å²) in [5.74, 6) is 4.79. The molecule has 0 amide bonds. The summed E-state index contributed by atoms with van der Waals surface area (Å²) < 4.78 is 26.3. The van der Waals surface area contributed by atoms with E-state index in [1.807, 2.05) is 170 Å². The fourth-order valence-corrected chi connectivity index (χ4v) is 5.96. The SMILES string of the molecule is C1=Cc2nc1c(Oc1ccccc1)c1ccc([nH]1)c(Oc1ccccc1)c1nc(c(Oc3ccccc3)c3ccc([nH]3)c2Oc2ccccc2)C=C1. The average Bonchev–Trinajstić information content (AvgIpc) is 4.04. The van der Waals surface area contributed by atoms with Crippen LogP contribution < -0.4 is 18.9 Å². The van der Waals surface area contributed by atoms with Crippen LogP contribution in [0.15, 0.2) is 146 Å². The number of rotatable bonds is 8. The Labute approximate surface area is 298 Å². The van der Waals surface area contributed by atoms with Gasteiger partial charge in [-0.05, 0) is 97.1 Å². The molecule has 0 fully saturated rings. The lowest BCUT2D eigenvalue weighted by atomic mass is 10.3. The monoisotopic (exact) mass is 678 g/mol. The van der Waals surface area contributed by atoms with Gasteiger partial charge in [0.15, 0.2) is 23.0 Å². The zero-order valence-corrected chi connectivity index (χ0v) is 27.7. The highest BCUT2D eigenvalue weighted by Gasteiger charge is 2.19. The maximum absolute atomic E-state index is 6.57. The van der Waals surface area contributed by atoms with Crippen LogP contribution in [0.1, 0.15) is 22.8 Å². The van der Waals surface area contributed by atoms with Crippen LogP contribution in [0.5, 0.6) is 46.0 Å². The van der Waals surface area contributed by atoms with E-state index in [9.17, 15) is 0 Å². The molecule has 5 heterocycles. The van der Waals surface area contributed by atoms with Gasteiger partial charge >= 0.3 is 0 Å². The number of benzene rings is 4. The zero-order valence-electron chi connectivity index (χ0n) is 27.7. The van der Waals surface area contributed by atoms with Gasteiger partial charge in [0.05, 0.1) is 22.1 Å². The summed E-state index contributed by atoms with van der Waals surface area (Å²) in [5, 5.41) is 0. The van der Waals surface area contributed by atoms with Crippen molar-refractivity contribution >= 4 is 46.4 Å². The van der Waals surface area contributed by atoms with E-state index in [2.05, 4.69) is 9.97 Å². The zero-order chi connectivity index (χ0) is 34.7. The maximum atomic E-state index is 6.57. The largest absolute Gasteiger partial charge is 0.453 e. The van der Waals surface area contributed by atoms with E-state index in [-0.39, 0.29) is 0 Å². The third-order valence-corrected chi connectivity index (χ3v) is 8.41. The molecule has 9 rings (SSSR count). The number of nitrogens with one attached hydrogen (secondary N) is 2. The second-order valence-electron chi connectivity index (χ2n) is 12.0. The van der Waals surface area contributed by atoms with E-state index >= 15 is 0 Å². The number of hydrogen-bond donors (Lipinski definition) is 2. The molecule has 0 saturated carbocycles. The molecule has 2 aliphatic rings. The summed E-state index contributed by atoms with van der Waals surface area (Å²) in [4.78, 5) is 17.3. The van der Waals surface area contributed by atoms with Gasteiger partial charge in [-0.15, -0.1) is 0 Å². The molecule has 2 N–H and O–H groups in total. The highest BCUT2D eigenvalue weighted by molar-refractivity contribution is 5.88. The number of H-pyrrole nitrogens is 2. The van der Waals surface area contributed by atoms with E-state index in [1.165, 1.54) is 0 Å². The number of nitrogens with zero attached hydrogens (tertiary/aromatic N) is 2. The Balaban J connectivity index is 1.36. The fraction of sp³-hybridized carbons (Fsp3) is 0. The standard InChI is InChI=1S/C44H30N4O4/c1-5-13-29(14-6-1)49-41-33-21-23-35(45-33)42(50-30-15-7-2-8-16-30)37-25-27-39(47-37)44(52-32-19-11-4-12-20-32)40-28-26-38(48-40)43(36-24-22-34(41)46-36)51-31-17-9-3-10-18-31/h1-28,45,48H. The molecular weight excluding hydrogens is 649 g/mol. The lowest BCUT2D eigenvalue weighted by Crippen LogP contribution is -1.92. The quantitative estimate of drug-likeness (QED) is 0.166. The minimum atomic E-state index is 0.532. The molecule has 3 aromatic heterocycles. The summed E-state index contributed by atoms with van der Waals surface area (Å²) >= 11 is 0. The van der Waals surface area contributed by atoms with Crippen LogP contribution >= 0.6 is 0 Å². The van der Waals surface area contributed by atoms with Crippen LogP contribution in [0, 0.1) is 0 Å². The Morgan fingerprint density at radius 3 is 0.750 bits per heavy atom. The lowest BCUT2D eigenvalue weighted by molar-refractivity contribution is 0.479. The molecule has 4 aromatic carbocycles. The van der Waals surface area contributed by atoms with Gasteiger partial charge in [-0.3, -0.25) is 0 Å². The topological polar surface area (TPSA) is 94.3 Å². The molecule has 250 valence electrons. The van der Waals surface area contributed by atoms with Crippen molar-refractivity contribution in [3.63, 3.8) is 0 Å². The van der Waals surface area contributed by atoms with Crippen molar-refractivity contribution in [2.45, 2.75) is 0 Å². The van der Waals surface area contributed by atoms with Gasteiger partial charge in [0.2, 0.25) is 0 Å². The van der Waals surface area contributed by atoms with Crippen molar-refractivity contribution < 1.29 is 18.9 Å². The highest BCUT2D eigenvalue weighted by Crippen LogP contribution is 2.40. The van der Waals surface area contributed by atoms with Crippen molar-refractivity contribution in [3.05, 3.63) is 168 Å². The van der Waals surface area contributed by atoms with Crippen LogP contribution in [-0.2, 0) is 0 Å². The predicted molar refractivity (Wildman–Crippen MR) is 205 cm³/mol. The molecular formula is C44H30N4O4.